The standard InChI is InChI=1S/C27H31F3N2O4/c1-8-13-22(25(3,4)5)32(31-23(33)20-16-12-17-21(35-6)18(20)2)24(34)26(36-7,27(28,29)30)19-14-10-9-11-15-19/h1,9-12,14-17,22H,13H2,2-7H3,(H,31,33)/t22-,26+/m1/s1. The lowest BCUT2D eigenvalue weighted by atomic mass is 9.82. The highest BCUT2D eigenvalue weighted by molar-refractivity contribution is 5.98. The van der Waals surface area contributed by atoms with Crippen LogP contribution in [-0.4, -0.2) is 43.3 Å². The van der Waals surface area contributed by atoms with Gasteiger partial charge in [0.1, 0.15) is 5.75 Å². The van der Waals surface area contributed by atoms with E-state index in [0.717, 1.165) is 19.2 Å². The van der Waals surface area contributed by atoms with E-state index in [1.54, 1.807) is 39.8 Å². The zero-order chi connectivity index (χ0) is 27.3. The average molecular weight is 505 g/mol. The molecule has 2 aromatic rings. The Morgan fingerprint density at radius 1 is 1.06 bits per heavy atom. The molecule has 0 aromatic heterocycles. The Labute approximate surface area is 209 Å². The molecule has 0 saturated carbocycles. The first-order chi connectivity index (χ1) is 16.8. The van der Waals surface area contributed by atoms with Gasteiger partial charge in [-0.05, 0) is 24.5 Å². The van der Waals surface area contributed by atoms with Gasteiger partial charge in [-0.3, -0.25) is 15.0 Å². The second-order valence-corrected chi connectivity index (χ2v) is 9.29. The molecule has 194 valence electrons. The van der Waals surface area contributed by atoms with Crippen molar-refractivity contribution in [3.05, 3.63) is 65.2 Å². The van der Waals surface area contributed by atoms with Gasteiger partial charge in [-0.15, -0.1) is 12.3 Å². The molecule has 36 heavy (non-hydrogen) atoms. The molecule has 6 nitrogen and oxygen atoms in total. The molecule has 0 heterocycles. The molecule has 0 aliphatic rings. The zero-order valence-corrected chi connectivity index (χ0v) is 21.2. The van der Waals surface area contributed by atoms with E-state index < -0.39 is 40.6 Å². The topological polar surface area (TPSA) is 67.9 Å². The number of hydrogen-bond donors (Lipinski definition) is 1. The highest BCUT2D eigenvalue weighted by Crippen LogP contribution is 2.44. The molecule has 0 aliphatic heterocycles. The molecule has 0 fully saturated rings. The number of ether oxygens (including phenoxy) is 2. The highest BCUT2D eigenvalue weighted by atomic mass is 19.4. The molecule has 0 radical (unpaired) electrons. The third-order valence-corrected chi connectivity index (χ3v) is 6.00. The Bertz CT molecular complexity index is 1120. The molecule has 2 rings (SSSR count). The molecule has 0 spiro atoms. The smallest absolute Gasteiger partial charge is 0.431 e. The minimum Gasteiger partial charge on any atom is -0.496 e. The number of amides is 2. The molecule has 0 unspecified atom stereocenters. The fourth-order valence-electron chi connectivity index (χ4n) is 3.99. The number of nitrogens with zero attached hydrogens (tertiary/aromatic N) is 1. The van der Waals surface area contributed by atoms with Crippen LogP contribution in [0, 0.1) is 24.7 Å². The van der Waals surface area contributed by atoms with Crippen molar-refractivity contribution in [2.75, 3.05) is 14.2 Å². The van der Waals surface area contributed by atoms with Crippen LogP contribution in [0.1, 0.15) is 48.7 Å². The van der Waals surface area contributed by atoms with Crippen LogP contribution in [-0.2, 0) is 15.1 Å². The van der Waals surface area contributed by atoms with Crippen molar-refractivity contribution in [1.82, 2.24) is 10.4 Å². The molecule has 9 heteroatoms. The predicted octanol–water partition coefficient (Wildman–Crippen LogP) is 5.02. The van der Waals surface area contributed by atoms with Gasteiger partial charge < -0.3 is 9.47 Å². The lowest BCUT2D eigenvalue weighted by Crippen LogP contribution is -2.65. The number of methoxy groups -OCH3 is 2. The van der Waals surface area contributed by atoms with E-state index in [0.29, 0.717) is 16.3 Å². The molecular weight excluding hydrogens is 473 g/mol. The van der Waals surface area contributed by atoms with E-state index in [1.165, 1.54) is 31.4 Å². The number of halogens is 3. The molecule has 0 bridgehead atoms. The number of hydrogen-bond acceptors (Lipinski definition) is 4. The summed E-state index contributed by atoms with van der Waals surface area (Å²) in [6.07, 6.45) is 0.237. The number of benzene rings is 2. The van der Waals surface area contributed by atoms with Gasteiger partial charge in [0.05, 0.1) is 13.2 Å². The van der Waals surface area contributed by atoms with Crippen molar-refractivity contribution in [3.63, 3.8) is 0 Å². The minimum absolute atomic E-state index is 0.121. The van der Waals surface area contributed by atoms with Crippen LogP contribution in [0.15, 0.2) is 48.5 Å². The number of hydrazine groups is 1. The number of alkyl halides is 3. The number of carbonyl (C=O) groups excluding carboxylic acids is 2. The number of terminal acetylenes is 1. The lowest BCUT2D eigenvalue weighted by molar-refractivity contribution is -0.273. The van der Waals surface area contributed by atoms with E-state index >= 15 is 0 Å². The second-order valence-electron chi connectivity index (χ2n) is 9.29. The van der Waals surface area contributed by atoms with Crippen molar-refractivity contribution in [3.8, 4) is 18.1 Å². The summed E-state index contributed by atoms with van der Waals surface area (Å²) in [5.41, 5.74) is -1.67. The monoisotopic (exact) mass is 504 g/mol. The normalized spacial score (nSPS) is 14.2. The first kappa shape index (κ1) is 28.7. The summed E-state index contributed by atoms with van der Waals surface area (Å²) in [7, 11) is 2.23. The summed E-state index contributed by atoms with van der Waals surface area (Å²) in [4.78, 5) is 27.3. The summed E-state index contributed by atoms with van der Waals surface area (Å²) < 4.78 is 54.3. The predicted molar refractivity (Wildman–Crippen MR) is 130 cm³/mol. The Hall–Kier alpha value is -3.51. The van der Waals surface area contributed by atoms with Crippen molar-refractivity contribution in [1.29, 1.82) is 0 Å². The van der Waals surface area contributed by atoms with Crippen LogP contribution in [0.25, 0.3) is 0 Å². The van der Waals surface area contributed by atoms with Gasteiger partial charge in [0, 0.05) is 30.2 Å². The molecule has 2 aromatic carbocycles. The van der Waals surface area contributed by atoms with Crippen molar-refractivity contribution in [2.24, 2.45) is 5.41 Å². The minimum atomic E-state index is -5.17. The van der Waals surface area contributed by atoms with Crippen molar-refractivity contribution in [2.45, 2.75) is 51.9 Å². The van der Waals surface area contributed by atoms with Gasteiger partial charge in [-0.1, -0.05) is 57.2 Å². The highest BCUT2D eigenvalue weighted by Gasteiger charge is 2.65. The van der Waals surface area contributed by atoms with Crippen LogP contribution in [0.2, 0.25) is 0 Å². The summed E-state index contributed by atoms with van der Waals surface area (Å²) >= 11 is 0. The molecule has 2 amide bonds. The van der Waals surface area contributed by atoms with E-state index in [-0.39, 0.29) is 12.0 Å². The van der Waals surface area contributed by atoms with Crippen molar-refractivity contribution >= 4 is 11.8 Å². The first-order valence-electron chi connectivity index (χ1n) is 11.1. The van der Waals surface area contributed by atoms with Gasteiger partial charge in [-0.2, -0.15) is 13.2 Å². The fourth-order valence-corrected chi connectivity index (χ4v) is 3.99. The quantitative estimate of drug-likeness (QED) is 0.425. The summed E-state index contributed by atoms with van der Waals surface area (Å²) in [5.74, 6) is 0.498. The van der Waals surface area contributed by atoms with Gasteiger partial charge in [0.15, 0.2) is 0 Å². The molecular formula is C27H31F3N2O4. The van der Waals surface area contributed by atoms with E-state index in [1.807, 2.05) is 0 Å². The van der Waals surface area contributed by atoms with Gasteiger partial charge >= 0.3 is 6.18 Å². The summed E-state index contributed by atoms with van der Waals surface area (Å²) in [5, 5.41) is 0.672. The third kappa shape index (κ3) is 5.49. The number of carbonyl (C=O) groups is 2. The van der Waals surface area contributed by atoms with Gasteiger partial charge in [-0.25, -0.2) is 5.01 Å². The van der Waals surface area contributed by atoms with E-state index in [4.69, 9.17) is 15.9 Å². The lowest BCUT2D eigenvalue weighted by Gasteiger charge is -2.44. The Morgan fingerprint density at radius 2 is 1.67 bits per heavy atom. The number of nitrogens with one attached hydrogen (secondary N) is 1. The van der Waals surface area contributed by atoms with Crippen molar-refractivity contribution < 1.29 is 32.2 Å². The fraction of sp³-hybridized carbons (Fsp3) is 0.407. The molecule has 1 N–H and O–H groups in total. The molecule has 0 aliphatic carbocycles. The maximum absolute atomic E-state index is 14.7. The maximum Gasteiger partial charge on any atom is 0.431 e. The SMILES string of the molecule is C#CC[C@@H](N(NC(=O)c1cccc(OC)c1C)C(=O)[C@@](OC)(c1ccccc1)C(F)(F)F)C(C)(C)C. The summed E-state index contributed by atoms with van der Waals surface area (Å²) in [6.45, 7) is 6.76. The largest absolute Gasteiger partial charge is 0.496 e. The van der Waals surface area contributed by atoms with Crippen LogP contribution in [0.3, 0.4) is 0 Å². The van der Waals surface area contributed by atoms with Crippen LogP contribution < -0.4 is 10.2 Å². The van der Waals surface area contributed by atoms with E-state index in [9.17, 15) is 22.8 Å². The van der Waals surface area contributed by atoms with Gasteiger partial charge in [0.25, 0.3) is 17.4 Å². The Kier molecular flexibility index (Phi) is 8.81. The second kappa shape index (κ2) is 11.0. The third-order valence-electron chi connectivity index (χ3n) is 6.00. The van der Waals surface area contributed by atoms with Crippen LogP contribution in [0.5, 0.6) is 5.75 Å². The van der Waals surface area contributed by atoms with Crippen LogP contribution in [0.4, 0.5) is 13.2 Å². The van der Waals surface area contributed by atoms with Crippen LogP contribution >= 0.6 is 0 Å². The van der Waals surface area contributed by atoms with Gasteiger partial charge in [0.2, 0.25) is 0 Å². The molecule has 0 saturated heterocycles. The first-order valence-corrected chi connectivity index (χ1v) is 11.1. The maximum atomic E-state index is 14.7. The number of rotatable bonds is 7. The van der Waals surface area contributed by atoms with E-state index in [2.05, 4.69) is 11.3 Å². The molecule has 2 atom stereocenters. The zero-order valence-electron chi connectivity index (χ0n) is 21.2. The average Bonchev–Trinajstić information content (AvgIpc) is 2.81. The Balaban J connectivity index is 2.75. The summed E-state index contributed by atoms with van der Waals surface area (Å²) in [6, 6.07) is 10.2. The Morgan fingerprint density at radius 3 is 2.14 bits per heavy atom.